The molecule has 0 unspecified atom stereocenters. The first-order valence-corrected chi connectivity index (χ1v) is 9.55. The molecule has 12 heteroatoms. The average molecular weight is 500 g/mol. The van der Waals surface area contributed by atoms with Crippen LogP contribution in [0.5, 0.6) is 11.5 Å². The summed E-state index contributed by atoms with van der Waals surface area (Å²) in [5, 5.41) is 4.24. The molecule has 2 amide bonds. The molecule has 34 heavy (non-hydrogen) atoms. The van der Waals surface area contributed by atoms with Crippen molar-refractivity contribution in [1.29, 1.82) is 0 Å². The van der Waals surface area contributed by atoms with E-state index in [0.717, 1.165) is 0 Å². The van der Waals surface area contributed by atoms with E-state index in [1.807, 2.05) is 5.32 Å². The van der Waals surface area contributed by atoms with E-state index in [0.29, 0.717) is 23.6 Å². The Morgan fingerprint density at radius 1 is 0.824 bits per heavy atom. The van der Waals surface area contributed by atoms with E-state index in [4.69, 9.17) is 22.9 Å². The zero-order chi connectivity index (χ0) is 25.1. The van der Waals surface area contributed by atoms with Gasteiger partial charge in [0.05, 0.1) is 28.4 Å². The number of alkyl halides is 6. The van der Waals surface area contributed by atoms with E-state index < -0.39 is 35.2 Å². The van der Waals surface area contributed by atoms with Crippen LogP contribution >= 0.6 is 11.6 Å². The minimum Gasteiger partial charge on any atom is -0.457 e. The summed E-state index contributed by atoms with van der Waals surface area (Å²) in [6.07, 6.45) is -10.1. The number of hydrogen-bond donors (Lipinski definition) is 2. The summed E-state index contributed by atoms with van der Waals surface area (Å²) in [6, 6.07) is 9.83. The van der Waals surface area contributed by atoms with E-state index in [1.54, 1.807) is 0 Å². The number of amides is 2. The molecule has 0 aliphatic heterocycles. The summed E-state index contributed by atoms with van der Waals surface area (Å²) in [4.78, 5) is 15.5. The van der Waals surface area contributed by atoms with Gasteiger partial charge in [0.2, 0.25) is 0 Å². The van der Waals surface area contributed by atoms with Crippen LogP contribution < -0.4 is 15.4 Å². The maximum absolute atomic E-state index is 13.0. The topological polar surface area (TPSA) is 54.7 Å². The number of nitrogens with one attached hydrogen (secondary N) is 2. The molecule has 0 spiro atoms. The number of ether oxygens (including phenoxy) is 1. The lowest BCUT2D eigenvalue weighted by Crippen LogP contribution is -2.21. The number of halogens is 7. The third kappa shape index (κ3) is 6.32. The van der Waals surface area contributed by atoms with Gasteiger partial charge in [-0.15, -0.1) is 0 Å². The number of carbonyl (C=O) groups excluding carboxylic acids is 1. The van der Waals surface area contributed by atoms with Crippen molar-refractivity contribution in [1.82, 2.24) is 0 Å². The third-order valence-electron chi connectivity index (χ3n) is 4.23. The molecule has 0 aliphatic rings. The SMILES string of the molecule is [C-]#[N+]c1ccc(Oc2ccc(Cl)c(NC(=O)Nc3cc(C(F)(F)F)cc(C(F)(F)F)c3)c2)cc1. The Hall–Kier alpha value is -3.91. The molecule has 3 aromatic rings. The zero-order valence-electron chi connectivity index (χ0n) is 16.7. The second-order valence-electron chi connectivity index (χ2n) is 6.72. The molecule has 3 aromatic carbocycles. The van der Waals surface area contributed by atoms with Crippen LogP contribution in [0, 0.1) is 6.57 Å². The van der Waals surface area contributed by atoms with Crippen LogP contribution in [-0.4, -0.2) is 6.03 Å². The summed E-state index contributed by atoms with van der Waals surface area (Å²) in [5.41, 5.74) is -3.49. The maximum atomic E-state index is 13.0. The van der Waals surface area contributed by atoms with E-state index in [1.165, 1.54) is 42.5 Å². The highest BCUT2D eigenvalue weighted by molar-refractivity contribution is 6.33. The Labute approximate surface area is 193 Å². The average Bonchev–Trinajstić information content (AvgIpc) is 2.75. The molecular weight excluding hydrogens is 488 g/mol. The molecule has 176 valence electrons. The van der Waals surface area contributed by atoms with Crippen LogP contribution in [0.25, 0.3) is 4.85 Å². The van der Waals surface area contributed by atoms with Gasteiger partial charge in [-0.3, -0.25) is 0 Å². The Morgan fingerprint density at radius 2 is 1.38 bits per heavy atom. The summed E-state index contributed by atoms with van der Waals surface area (Å²) in [7, 11) is 0. The lowest BCUT2D eigenvalue weighted by Gasteiger charge is -2.15. The Bertz CT molecular complexity index is 1220. The molecule has 0 heterocycles. The normalized spacial score (nSPS) is 11.5. The molecule has 0 aromatic heterocycles. The van der Waals surface area contributed by atoms with Gasteiger partial charge in [0, 0.05) is 11.8 Å². The molecule has 0 bridgehead atoms. The van der Waals surface area contributed by atoms with Crippen LogP contribution in [0.15, 0.2) is 60.7 Å². The van der Waals surface area contributed by atoms with Crippen molar-refractivity contribution in [2.24, 2.45) is 0 Å². The predicted octanol–water partition coefficient (Wildman–Crippen LogP) is 8.36. The molecule has 0 radical (unpaired) electrons. The van der Waals surface area contributed by atoms with Crippen LogP contribution in [-0.2, 0) is 12.4 Å². The Balaban J connectivity index is 1.79. The van der Waals surface area contributed by atoms with Crippen molar-refractivity contribution in [2.45, 2.75) is 12.4 Å². The van der Waals surface area contributed by atoms with E-state index in [-0.39, 0.29) is 22.5 Å². The van der Waals surface area contributed by atoms with Gasteiger partial charge in [-0.1, -0.05) is 23.7 Å². The van der Waals surface area contributed by atoms with Crippen molar-refractivity contribution in [2.75, 3.05) is 10.6 Å². The highest BCUT2D eigenvalue weighted by Gasteiger charge is 2.37. The lowest BCUT2D eigenvalue weighted by atomic mass is 10.1. The molecule has 0 atom stereocenters. The molecule has 3 rings (SSSR count). The fraction of sp³-hybridized carbons (Fsp3) is 0.0909. The number of rotatable bonds is 4. The standard InChI is InChI=1S/C22H12ClF6N3O2/c1-30-14-2-4-16(5-3-14)34-17-6-7-18(23)19(11-17)32-20(33)31-15-9-12(21(24,25)26)8-13(10-15)22(27,28)29/h2-11H,(H2,31,32,33). The van der Waals surface area contributed by atoms with Gasteiger partial charge in [-0.05, 0) is 42.5 Å². The summed E-state index contributed by atoms with van der Waals surface area (Å²) in [6.45, 7) is 6.93. The maximum Gasteiger partial charge on any atom is 0.416 e. The zero-order valence-corrected chi connectivity index (χ0v) is 17.4. The number of urea groups is 1. The van der Waals surface area contributed by atoms with E-state index >= 15 is 0 Å². The van der Waals surface area contributed by atoms with Crippen molar-refractivity contribution in [3.05, 3.63) is 88.2 Å². The minimum atomic E-state index is -5.06. The summed E-state index contributed by atoms with van der Waals surface area (Å²) >= 11 is 6.03. The fourth-order valence-corrected chi connectivity index (χ4v) is 2.87. The molecule has 0 saturated carbocycles. The molecule has 0 fully saturated rings. The number of benzene rings is 3. The van der Waals surface area contributed by atoms with Gasteiger partial charge in [0.1, 0.15) is 11.5 Å². The quantitative estimate of drug-likeness (QED) is 0.280. The van der Waals surface area contributed by atoms with E-state index in [9.17, 15) is 31.1 Å². The third-order valence-corrected chi connectivity index (χ3v) is 4.56. The first-order chi connectivity index (χ1) is 15.8. The van der Waals surface area contributed by atoms with Gasteiger partial charge < -0.3 is 15.4 Å². The first kappa shape index (κ1) is 24.7. The number of hydrogen-bond acceptors (Lipinski definition) is 2. The highest BCUT2D eigenvalue weighted by atomic mass is 35.5. The predicted molar refractivity (Wildman–Crippen MR) is 113 cm³/mol. The monoisotopic (exact) mass is 499 g/mol. The van der Waals surface area contributed by atoms with Crippen molar-refractivity contribution in [3.63, 3.8) is 0 Å². The van der Waals surface area contributed by atoms with Crippen LogP contribution in [0.3, 0.4) is 0 Å². The number of anilines is 2. The molecule has 5 nitrogen and oxygen atoms in total. The number of carbonyl (C=O) groups is 1. The van der Waals surface area contributed by atoms with Gasteiger partial charge in [-0.25, -0.2) is 9.64 Å². The fourth-order valence-electron chi connectivity index (χ4n) is 2.70. The smallest absolute Gasteiger partial charge is 0.416 e. The van der Waals surface area contributed by atoms with Crippen LogP contribution in [0.1, 0.15) is 11.1 Å². The minimum absolute atomic E-state index is 0.0162. The largest absolute Gasteiger partial charge is 0.457 e. The van der Waals surface area contributed by atoms with Crippen molar-refractivity contribution >= 4 is 34.7 Å². The van der Waals surface area contributed by atoms with E-state index in [2.05, 4.69) is 10.2 Å². The lowest BCUT2D eigenvalue weighted by molar-refractivity contribution is -0.143. The van der Waals surface area contributed by atoms with Gasteiger partial charge in [-0.2, -0.15) is 26.3 Å². The highest BCUT2D eigenvalue weighted by Crippen LogP contribution is 2.38. The summed E-state index contributed by atoms with van der Waals surface area (Å²) < 4.78 is 83.6. The van der Waals surface area contributed by atoms with Crippen LogP contribution in [0.4, 0.5) is 48.2 Å². The van der Waals surface area contributed by atoms with Crippen molar-refractivity contribution in [3.8, 4) is 11.5 Å². The van der Waals surface area contributed by atoms with Crippen molar-refractivity contribution < 1.29 is 35.9 Å². The molecule has 2 N–H and O–H groups in total. The van der Waals surface area contributed by atoms with Gasteiger partial charge in [0.25, 0.3) is 0 Å². The Morgan fingerprint density at radius 3 is 1.91 bits per heavy atom. The second-order valence-corrected chi connectivity index (χ2v) is 7.13. The number of nitrogens with zero attached hydrogens (tertiary/aromatic N) is 1. The molecule has 0 aliphatic carbocycles. The Kier molecular flexibility index (Phi) is 6.93. The summed E-state index contributed by atoms with van der Waals surface area (Å²) in [5.74, 6) is 0.586. The van der Waals surface area contributed by atoms with Crippen LogP contribution in [0.2, 0.25) is 5.02 Å². The molecule has 0 saturated heterocycles. The second kappa shape index (κ2) is 9.52. The van der Waals surface area contributed by atoms with Gasteiger partial charge >= 0.3 is 18.4 Å². The van der Waals surface area contributed by atoms with Gasteiger partial charge in [0.15, 0.2) is 5.69 Å². The first-order valence-electron chi connectivity index (χ1n) is 9.17. The molecular formula is C22H12ClF6N3O2.